The number of nitrogen functional groups attached to an aromatic ring is 2. The fraction of sp³-hybridized carbons (Fsp3) is 0.474. The molecule has 3 aromatic rings. The van der Waals surface area contributed by atoms with Crippen molar-refractivity contribution < 1.29 is 52.0 Å². The van der Waals surface area contributed by atoms with Crippen LogP contribution < -0.4 is 17.2 Å². The van der Waals surface area contributed by atoms with Gasteiger partial charge in [-0.2, -0.15) is 4.98 Å². The van der Waals surface area contributed by atoms with Gasteiger partial charge in [0.25, 0.3) is 0 Å². The first kappa shape index (κ1) is 29.6. The monoisotopic (exact) mass is 619 g/mol. The van der Waals surface area contributed by atoms with Gasteiger partial charge in [-0.3, -0.25) is 22.7 Å². The van der Waals surface area contributed by atoms with Crippen molar-refractivity contribution in [1.82, 2.24) is 29.1 Å². The zero-order valence-electron chi connectivity index (χ0n) is 20.8. The van der Waals surface area contributed by atoms with Crippen LogP contribution in [0.25, 0.3) is 11.2 Å². The number of aliphatic hydroxyl groups excluding tert-OH is 1. The predicted molar refractivity (Wildman–Crippen MR) is 134 cm³/mol. The standard InChI is InChI=1S/C19H25N8O12P2/c20-13-1-2-26(19(29)25-13)14-4-11(12(38-14)6-35-40(30,31)32)39-41(33,34)36-5-9-3-10(28)18(37-9)27-8-24-15-16(21)22-7-23-17(15)27/h1-3,7-12,14,18,28H,4-6H2,(H,33,34)(H2,20,25,29)(H2,21,22,23)(H2,30,31,32)/t9-,10+,11-,12-,14+,18-/m0/s1. The Balaban J connectivity index is 1.24. The average molecular weight is 619 g/mol. The molecule has 7 atom stereocenters. The SMILES string of the molecule is Nc1ccn([C@H]2C[C@H](OP(=O)(O)OC[C@@H]3[CH][C@@H](O)[C@@H](n4cnc5c(N)ncnc54)O3)[C@H](COP(=O)(O)O)O2)c(=O)n1. The number of ether oxygens (including phenoxy) is 2. The maximum atomic E-state index is 12.8. The Morgan fingerprint density at radius 1 is 1.07 bits per heavy atom. The van der Waals surface area contributed by atoms with Crippen LogP contribution in [0.15, 0.2) is 29.7 Å². The molecular weight excluding hydrogens is 594 g/mol. The molecule has 2 aliphatic heterocycles. The lowest BCUT2D eigenvalue weighted by molar-refractivity contribution is -0.0558. The van der Waals surface area contributed by atoms with Gasteiger partial charge in [-0.25, -0.2) is 28.9 Å². The minimum Gasteiger partial charge on any atom is -0.388 e. The molecule has 0 amide bonds. The largest absolute Gasteiger partial charge is 0.472 e. The molecule has 8 N–H and O–H groups in total. The van der Waals surface area contributed by atoms with E-state index < -0.39 is 71.4 Å². The van der Waals surface area contributed by atoms with Crippen molar-refractivity contribution in [1.29, 1.82) is 0 Å². The molecule has 2 aliphatic rings. The minimum atomic E-state index is -4.94. The number of fused-ring (bicyclic) bond motifs is 1. The Labute approximate surface area is 229 Å². The van der Waals surface area contributed by atoms with E-state index in [9.17, 15) is 23.9 Å². The normalized spacial score (nSPS) is 28.3. The molecule has 1 radical (unpaired) electrons. The highest BCUT2D eigenvalue weighted by molar-refractivity contribution is 7.47. The van der Waals surface area contributed by atoms with Gasteiger partial charge in [0.2, 0.25) is 0 Å². The molecule has 22 heteroatoms. The number of hydrogen-bond acceptors (Lipinski definition) is 15. The number of aliphatic hydroxyl groups is 1. The third-order valence-corrected chi connectivity index (χ3v) is 7.60. The fourth-order valence-corrected chi connectivity index (χ4v) is 5.62. The first-order valence-electron chi connectivity index (χ1n) is 11.8. The van der Waals surface area contributed by atoms with Crippen molar-refractivity contribution in [3.8, 4) is 0 Å². The van der Waals surface area contributed by atoms with Crippen LogP contribution >= 0.6 is 15.6 Å². The summed E-state index contributed by atoms with van der Waals surface area (Å²) >= 11 is 0. The first-order valence-corrected chi connectivity index (χ1v) is 14.8. The fourth-order valence-electron chi connectivity index (χ4n) is 4.32. The van der Waals surface area contributed by atoms with Crippen LogP contribution in [0.1, 0.15) is 18.9 Å². The van der Waals surface area contributed by atoms with E-state index in [4.69, 9.17) is 39.8 Å². The molecule has 3 aromatic heterocycles. The maximum absolute atomic E-state index is 12.8. The molecule has 0 bridgehead atoms. The third kappa shape index (κ3) is 6.79. The summed E-state index contributed by atoms with van der Waals surface area (Å²) in [7, 11) is -9.81. The van der Waals surface area contributed by atoms with Crippen molar-refractivity contribution in [2.75, 3.05) is 24.7 Å². The third-order valence-electron chi connectivity index (χ3n) is 6.10. The highest BCUT2D eigenvalue weighted by Gasteiger charge is 2.44. The van der Waals surface area contributed by atoms with Crippen molar-refractivity contribution in [3.05, 3.63) is 41.8 Å². The second-order valence-corrected chi connectivity index (χ2v) is 11.6. The number of imidazole rings is 1. The predicted octanol–water partition coefficient (Wildman–Crippen LogP) is -1.39. The van der Waals surface area contributed by atoms with E-state index >= 15 is 0 Å². The summed E-state index contributed by atoms with van der Waals surface area (Å²) < 4.78 is 52.6. The molecule has 0 aromatic carbocycles. The molecule has 2 fully saturated rings. The topological polar surface area (TPSA) is 292 Å². The summed E-state index contributed by atoms with van der Waals surface area (Å²) in [6.45, 7) is -1.28. The number of nitrogens with zero attached hydrogens (tertiary/aromatic N) is 6. The van der Waals surface area contributed by atoms with E-state index in [1.54, 1.807) is 0 Å². The van der Waals surface area contributed by atoms with Gasteiger partial charge in [0.1, 0.15) is 42.2 Å². The highest BCUT2D eigenvalue weighted by Crippen LogP contribution is 2.49. The summed E-state index contributed by atoms with van der Waals surface area (Å²) in [4.78, 5) is 56.4. The molecule has 1 unspecified atom stereocenters. The van der Waals surface area contributed by atoms with Crippen LogP contribution in [0, 0.1) is 6.42 Å². The number of aromatic nitrogens is 6. The van der Waals surface area contributed by atoms with Gasteiger partial charge in [-0.1, -0.05) is 0 Å². The van der Waals surface area contributed by atoms with Gasteiger partial charge in [0, 0.05) is 19.0 Å². The maximum Gasteiger partial charge on any atom is 0.472 e. The molecule has 0 spiro atoms. The smallest absolute Gasteiger partial charge is 0.388 e. The molecule has 20 nitrogen and oxygen atoms in total. The van der Waals surface area contributed by atoms with Crippen molar-refractivity contribution in [2.45, 2.75) is 43.3 Å². The molecule has 41 heavy (non-hydrogen) atoms. The lowest BCUT2D eigenvalue weighted by Gasteiger charge is -2.22. The van der Waals surface area contributed by atoms with E-state index in [0.29, 0.717) is 11.2 Å². The van der Waals surface area contributed by atoms with E-state index in [1.807, 2.05) is 0 Å². The summed E-state index contributed by atoms with van der Waals surface area (Å²) in [6, 6.07) is 1.31. The minimum absolute atomic E-state index is 0.0522. The Hall–Kier alpha value is -2.87. The van der Waals surface area contributed by atoms with Crippen molar-refractivity contribution >= 4 is 38.4 Å². The van der Waals surface area contributed by atoms with E-state index in [2.05, 4.69) is 24.5 Å². The highest BCUT2D eigenvalue weighted by atomic mass is 31.2. The Morgan fingerprint density at radius 2 is 1.85 bits per heavy atom. The van der Waals surface area contributed by atoms with Crippen LogP contribution in [0.5, 0.6) is 0 Å². The van der Waals surface area contributed by atoms with Crippen molar-refractivity contribution in [3.63, 3.8) is 0 Å². The van der Waals surface area contributed by atoms with E-state index in [0.717, 1.165) is 4.57 Å². The van der Waals surface area contributed by atoms with Crippen molar-refractivity contribution in [2.24, 2.45) is 0 Å². The molecule has 0 saturated carbocycles. The first-order chi connectivity index (χ1) is 19.3. The van der Waals surface area contributed by atoms with Gasteiger partial charge in [0.15, 0.2) is 17.7 Å². The number of nitrogens with two attached hydrogens (primary N) is 2. The second kappa shape index (κ2) is 11.4. The number of hydrogen-bond donors (Lipinski definition) is 6. The van der Waals surface area contributed by atoms with Crippen LogP contribution in [-0.4, -0.2) is 86.5 Å². The quantitative estimate of drug-likeness (QED) is 0.142. The molecule has 223 valence electrons. The molecular formula is C19H25N8O12P2. The van der Waals surface area contributed by atoms with Crippen LogP contribution in [0.3, 0.4) is 0 Å². The zero-order chi connectivity index (χ0) is 29.5. The van der Waals surface area contributed by atoms with Gasteiger partial charge in [0.05, 0.1) is 25.6 Å². The van der Waals surface area contributed by atoms with Gasteiger partial charge >= 0.3 is 21.3 Å². The summed E-state index contributed by atoms with van der Waals surface area (Å²) in [6.07, 6.45) is -1.94. The van der Waals surface area contributed by atoms with Gasteiger partial charge < -0.3 is 40.7 Å². The summed E-state index contributed by atoms with van der Waals surface area (Å²) in [5, 5.41) is 10.5. The lowest BCUT2D eigenvalue weighted by atomic mass is 10.2. The molecule has 2 saturated heterocycles. The van der Waals surface area contributed by atoms with Gasteiger partial charge in [-0.15, -0.1) is 0 Å². The lowest BCUT2D eigenvalue weighted by Crippen LogP contribution is -2.29. The number of anilines is 2. The molecule has 0 aliphatic carbocycles. The van der Waals surface area contributed by atoms with E-state index in [1.165, 1.54) is 35.9 Å². The van der Waals surface area contributed by atoms with Crippen LogP contribution in [0.2, 0.25) is 0 Å². The Morgan fingerprint density at radius 3 is 2.59 bits per heavy atom. The Kier molecular flexibility index (Phi) is 8.25. The molecule has 5 heterocycles. The zero-order valence-corrected chi connectivity index (χ0v) is 22.5. The summed E-state index contributed by atoms with van der Waals surface area (Å²) in [5.74, 6) is 0.0761. The van der Waals surface area contributed by atoms with Crippen LogP contribution in [-0.2, 0) is 32.2 Å². The van der Waals surface area contributed by atoms with Crippen LogP contribution in [0.4, 0.5) is 11.6 Å². The average Bonchev–Trinajstić information content (AvgIpc) is 3.58. The number of rotatable bonds is 10. The van der Waals surface area contributed by atoms with Gasteiger partial charge in [-0.05, 0) is 6.07 Å². The molecule has 5 rings (SSSR count). The Bertz CT molecular complexity index is 1560. The van der Waals surface area contributed by atoms with E-state index in [-0.39, 0.29) is 18.1 Å². The summed E-state index contributed by atoms with van der Waals surface area (Å²) in [5.41, 5.74) is 11.1. The second-order valence-electron chi connectivity index (χ2n) is 8.93. The number of phosphoric acid groups is 2. The number of phosphoric ester groups is 2.